The summed E-state index contributed by atoms with van der Waals surface area (Å²) in [6.45, 7) is 1.77. The Kier molecular flexibility index (Phi) is 4.33. The van der Waals surface area contributed by atoms with Gasteiger partial charge in [0, 0.05) is 17.5 Å². The van der Waals surface area contributed by atoms with Crippen LogP contribution in [0, 0.1) is 6.92 Å². The largest absolute Gasteiger partial charge is 0.347 e. The van der Waals surface area contributed by atoms with Crippen LogP contribution in [0.4, 0.5) is 0 Å². The van der Waals surface area contributed by atoms with E-state index in [0.717, 1.165) is 5.56 Å². The molecule has 2 aromatic heterocycles. The second kappa shape index (κ2) is 6.57. The van der Waals surface area contributed by atoms with E-state index in [1.54, 1.807) is 25.1 Å². The summed E-state index contributed by atoms with van der Waals surface area (Å²) in [6, 6.07) is 7.10. The highest BCUT2D eigenvalue weighted by molar-refractivity contribution is 6.30. The van der Waals surface area contributed by atoms with Gasteiger partial charge < -0.3 is 14.4 Å². The third kappa shape index (κ3) is 3.92. The van der Waals surface area contributed by atoms with Crippen molar-refractivity contribution in [2.75, 3.05) is 0 Å². The van der Waals surface area contributed by atoms with E-state index in [1.807, 2.05) is 6.07 Å². The first-order valence-electron chi connectivity index (χ1n) is 6.74. The average molecular weight is 334 g/mol. The lowest BCUT2D eigenvalue weighted by Gasteiger charge is -1.98. The van der Waals surface area contributed by atoms with Crippen LogP contribution in [0.2, 0.25) is 5.02 Å². The first-order valence-corrected chi connectivity index (χ1v) is 7.12. The van der Waals surface area contributed by atoms with E-state index in [-0.39, 0.29) is 24.8 Å². The molecule has 0 saturated heterocycles. The zero-order valence-corrected chi connectivity index (χ0v) is 12.9. The lowest BCUT2D eigenvalue weighted by Crippen LogP contribution is -2.25. The third-order valence-corrected chi connectivity index (χ3v) is 3.11. The number of hydrogen-bond donors (Lipinski definition) is 1. The molecular weight excluding hydrogens is 322 g/mol. The van der Waals surface area contributed by atoms with Crippen LogP contribution < -0.4 is 5.32 Å². The van der Waals surface area contributed by atoms with Gasteiger partial charge in [-0.2, -0.15) is 9.97 Å². The van der Waals surface area contributed by atoms with E-state index in [2.05, 4.69) is 25.6 Å². The maximum Gasteiger partial charge on any atom is 0.246 e. The number of carbonyl (C=O) groups is 1. The number of nitrogens with zero attached hydrogens (tertiary/aromatic N) is 4. The normalized spacial score (nSPS) is 10.7. The smallest absolute Gasteiger partial charge is 0.246 e. The second-order valence-corrected chi connectivity index (χ2v) is 5.14. The maximum absolute atomic E-state index is 11.8. The quantitative estimate of drug-likeness (QED) is 0.760. The molecule has 0 aliphatic rings. The second-order valence-electron chi connectivity index (χ2n) is 4.71. The average Bonchev–Trinajstić information content (AvgIpc) is 3.14. The number of halogens is 1. The van der Waals surface area contributed by atoms with Crippen molar-refractivity contribution < 1.29 is 13.8 Å². The van der Waals surface area contributed by atoms with Crippen molar-refractivity contribution in [2.45, 2.75) is 19.9 Å². The van der Waals surface area contributed by atoms with Gasteiger partial charge in [0.1, 0.15) is 0 Å². The molecule has 3 rings (SSSR count). The highest BCUT2D eigenvalue weighted by Crippen LogP contribution is 2.19. The highest BCUT2D eigenvalue weighted by atomic mass is 35.5. The van der Waals surface area contributed by atoms with Crippen LogP contribution in [0.15, 0.2) is 33.3 Å². The number of benzene rings is 1. The van der Waals surface area contributed by atoms with Crippen LogP contribution in [0.3, 0.4) is 0 Å². The Morgan fingerprint density at radius 3 is 2.87 bits per heavy atom. The van der Waals surface area contributed by atoms with Crippen molar-refractivity contribution in [2.24, 2.45) is 0 Å². The Balaban J connectivity index is 1.58. The number of nitrogens with one attached hydrogen (secondary N) is 1. The molecule has 0 aliphatic heterocycles. The number of carbonyl (C=O) groups excluding carboxylic acids is 1. The van der Waals surface area contributed by atoms with Gasteiger partial charge in [0.05, 0.1) is 13.0 Å². The zero-order chi connectivity index (χ0) is 16.2. The summed E-state index contributed by atoms with van der Waals surface area (Å²) < 4.78 is 9.89. The van der Waals surface area contributed by atoms with Gasteiger partial charge in [-0.05, 0) is 12.1 Å². The predicted molar refractivity (Wildman–Crippen MR) is 79.3 cm³/mol. The van der Waals surface area contributed by atoms with Crippen LogP contribution in [-0.4, -0.2) is 26.2 Å². The molecule has 23 heavy (non-hydrogen) atoms. The van der Waals surface area contributed by atoms with Crippen molar-refractivity contribution >= 4 is 17.5 Å². The summed E-state index contributed by atoms with van der Waals surface area (Å²) >= 11 is 5.92. The molecule has 0 radical (unpaired) electrons. The number of amides is 1. The number of rotatable bonds is 5. The Morgan fingerprint density at radius 2 is 2.13 bits per heavy atom. The van der Waals surface area contributed by atoms with Gasteiger partial charge in [0.15, 0.2) is 5.82 Å². The fraction of sp³-hybridized carbons (Fsp3) is 0.214. The molecule has 2 heterocycles. The Hall–Kier alpha value is -2.74. The van der Waals surface area contributed by atoms with E-state index in [9.17, 15) is 4.79 Å². The highest BCUT2D eigenvalue weighted by Gasteiger charge is 2.12. The van der Waals surface area contributed by atoms with E-state index in [0.29, 0.717) is 22.6 Å². The summed E-state index contributed by atoms with van der Waals surface area (Å²) in [5, 5.41) is 10.7. The van der Waals surface area contributed by atoms with Gasteiger partial charge >= 0.3 is 0 Å². The van der Waals surface area contributed by atoms with Crippen molar-refractivity contribution in [3.63, 3.8) is 0 Å². The topological polar surface area (TPSA) is 107 Å². The standard InChI is InChI=1S/C14H12ClN5O3/c1-8-17-11(19-22-8)6-12(21)16-7-13-18-14(20-23-13)9-3-2-4-10(15)5-9/h2-5H,6-7H2,1H3,(H,16,21). The molecule has 1 amide bonds. The van der Waals surface area contributed by atoms with Crippen molar-refractivity contribution in [1.29, 1.82) is 0 Å². The van der Waals surface area contributed by atoms with Crippen molar-refractivity contribution in [3.8, 4) is 11.4 Å². The number of aryl methyl sites for hydroxylation is 1. The maximum atomic E-state index is 11.8. The number of hydrogen-bond acceptors (Lipinski definition) is 7. The summed E-state index contributed by atoms with van der Waals surface area (Å²) in [4.78, 5) is 19.9. The molecule has 8 nitrogen and oxygen atoms in total. The van der Waals surface area contributed by atoms with Crippen molar-refractivity contribution in [3.05, 3.63) is 46.9 Å². The van der Waals surface area contributed by atoms with Crippen LogP contribution in [-0.2, 0) is 17.8 Å². The molecule has 0 fully saturated rings. The molecule has 118 valence electrons. The Bertz CT molecular complexity index is 829. The molecule has 9 heteroatoms. The van der Waals surface area contributed by atoms with Crippen LogP contribution in [0.5, 0.6) is 0 Å². The molecule has 1 aromatic carbocycles. The van der Waals surface area contributed by atoms with Crippen molar-refractivity contribution in [1.82, 2.24) is 25.6 Å². The predicted octanol–water partition coefficient (Wildman–Crippen LogP) is 1.94. The lowest BCUT2D eigenvalue weighted by atomic mass is 10.2. The molecular formula is C14H12ClN5O3. The molecule has 1 N–H and O–H groups in total. The SMILES string of the molecule is Cc1nc(CC(=O)NCc2nc(-c3cccc(Cl)c3)no2)no1. The number of aromatic nitrogens is 4. The summed E-state index contributed by atoms with van der Waals surface area (Å²) in [7, 11) is 0. The summed E-state index contributed by atoms with van der Waals surface area (Å²) in [5.74, 6) is 1.16. The first-order chi connectivity index (χ1) is 11.1. The van der Waals surface area contributed by atoms with Gasteiger partial charge in [-0.25, -0.2) is 0 Å². The summed E-state index contributed by atoms with van der Waals surface area (Å²) in [6.07, 6.45) is 0.0205. The fourth-order valence-electron chi connectivity index (χ4n) is 1.86. The minimum Gasteiger partial charge on any atom is -0.347 e. The van der Waals surface area contributed by atoms with Gasteiger partial charge in [0.25, 0.3) is 0 Å². The van der Waals surface area contributed by atoms with Crippen LogP contribution >= 0.6 is 11.6 Å². The minimum absolute atomic E-state index is 0.0205. The van der Waals surface area contributed by atoms with E-state index in [1.165, 1.54) is 0 Å². The molecule has 0 saturated carbocycles. The van der Waals surface area contributed by atoms with Crippen LogP contribution in [0.1, 0.15) is 17.6 Å². The molecule has 0 aliphatic carbocycles. The van der Waals surface area contributed by atoms with Gasteiger partial charge in [0.2, 0.25) is 23.5 Å². The van der Waals surface area contributed by atoms with Gasteiger partial charge in [-0.1, -0.05) is 34.0 Å². The fourth-order valence-corrected chi connectivity index (χ4v) is 2.06. The molecule has 0 unspecified atom stereocenters. The summed E-state index contributed by atoms with van der Waals surface area (Å²) in [5.41, 5.74) is 0.737. The van der Waals surface area contributed by atoms with E-state index in [4.69, 9.17) is 20.6 Å². The van der Waals surface area contributed by atoms with Gasteiger partial charge in [-0.15, -0.1) is 0 Å². The first kappa shape index (κ1) is 15.2. The Morgan fingerprint density at radius 1 is 1.26 bits per heavy atom. The van der Waals surface area contributed by atoms with E-state index >= 15 is 0 Å². The van der Waals surface area contributed by atoms with E-state index < -0.39 is 0 Å². The third-order valence-electron chi connectivity index (χ3n) is 2.88. The molecule has 0 bridgehead atoms. The minimum atomic E-state index is -0.270. The molecule has 0 atom stereocenters. The lowest BCUT2D eigenvalue weighted by molar-refractivity contribution is -0.120. The van der Waals surface area contributed by atoms with Gasteiger partial charge in [-0.3, -0.25) is 4.79 Å². The van der Waals surface area contributed by atoms with Crippen LogP contribution in [0.25, 0.3) is 11.4 Å². The molecule has 3 aromatic rings. The zero-order valence-electron chi connectivity index (χ0n) is 12.1. The monoisotopic (exact) mass is 333 g/mol. The molecule has 0 spiro atoms. The Labute approximate surface area is 135 Å².